The molecule has 92 valence electrons. The molecule has 0 radical (unpaired) electrons. The first kappa shape index (κ1) is 12.6. The van der Waals surface area contributed by atoms with E-state index in [1.165, 1.54) is 5.56 Å². The second kappa shape index (κ2) is 5.21. The number of aromatic nitrogens is 2. The summed E-state index contributed by atoms with van der Waals surface area (Å²) in [5.41, 5.74) is 2.25. The van der Waals surface area contributed by atoms with Crippen molar-refractivity contribution in [2.45, 2.75) is 25.9 Å². The van der Waals surface area contributed by atoms with E-state index in [0.717, 1.165) is 5.69 Å². The standard InChI is InChI=1S/C12H16ClN3S/c1-8(2)16-12(10(13)6-15-16)11(14-3)9-4-5-17-7-9/h4-8,11,14H,1-3H3. The maximum absolute atomic E-state index is 6.26. The number of nitrogens with one attached hydrogen (secondary N) is 1. The molecule has 0 bridgehead atoms. The zero-order chi connectivity index (χ0) is 12.4. The summed E-state index contributed by atoms with van der Waals surface area (Å²) < 4.78 is 1.97. The van der Waals surface area contributed by atoms with Crippen molar-refractivity contribution >= 4 is 22.9 Å². The highest BCUT2D eigenvalue weighted by molar-refractivity contribution is 7.08. The average molecular weight is 270 g/mol. The Morgan fingerprint density at radius 2 is 2.24 bits per heavy atom. The summed E-state index contributed by atoms with van der Waals surface area (Å²) in [6, 6.07) is 2.51. The summed E-state index contributed by atoms with van der Waals surface area (Å²) >= 11 is 7.95. The molecule has 0 fully saturated rings. The Bertz CT molecular complexity index is 476. The molecular formula is C12H16ClN3S. The van der Waals surface area contributed by atoms with Gasteiger partial charge in [0.25, 0.3) is 0 Å². The quantitative estimate of drug-likeness (QED) is 0.921. The lowest BCUT2D eigenvalue weighted by molar-refractivity contribution is 0.484. The van der Waals surface area contributed by atoms with Crippen molar-refractivity contribution in [2.75, 3.05) is 7.05 Å². The van der Waals surface area contributed by atoms with E-state index in [1.807, 2.05) is 11.7 Å². The van der Waals surface area contributed by atoms with Crippen LogP contribution in [0.4, 0.5) is 0 Å². The molecule has 17 heavy (non-hydrogen) atoms. The number of halogens is 1. The maximum Gasteiger partial charge on any atom is 0.0837 e. The first-order chi connectivity index (χ1) is 8.15. The highest BCUT2D eigenvalue weighted by atomic mass is 35.5. The van der Waals surface area contributed by atoms with Crippen LogP contribution in [0.2, 0.25) is 5.02 Å². The summed E-state index contributed by atoms with van der Waals surface area (Å²) in [5, 5.41) is 12.6. The van der Waals surface area contributed by atoms with Gasteiger partial charge in [-0.05, 0) is 43.3 Å². The Labute approximate surface area is 110 Å². The highest BCUT2D eigenvalue weighted by Crippen LogP contribution is 2.30. The fourth-order valence-electron chi connectivity index (χ4n) is 1.93. The molecule has 0 saturated heterocycles. The second-order valence-electron chi connectivity index (χ2n) is 4.19. The van der Waals surface area contributed by atoms with Crippen molar-refractivity contribution in [3.8, 4) is 0 Å². The minimum atomic E-state index is 0.0960. The van der Waals surface area contributed by atoms with Gasteiger partial charge in [-0.15, -0.1) is 0 Å². The molecule has 0 spiro atoms. The summed E-state index contributed by atoms with van der Waals surface area (Å²) in [4.78, 5) is 0. The van der Waals surface area contributed by atoms with Gasteiger partial charge in [0.1, 0.15) is 0 Å². The fraction of sp³-hybridized carbons (Fsp3) is 0.417. The van der Waals surface area contributed by atoms with Crippen LogP contribution in [0.15, 0.2) is 23.0 Å². The van der Waals surface area contributed by atoms with Gasteiger partial charge in [-0.1, -0.05) is 11.6 Å². The van der Waals surface area contributed by atoms with Crippen LogP contribution in [0, 0.1) is 0 Å². The van der Waals surface area contributed by atoms with Gasteiger partial charge in [0, 0.05) is 6.04 Å². The van der Waals surface area contributed by atoms with Gasteiger partial charge in [-0.2, -0.15) is 16.4 Å². The molecule has 2 heterocycles. The van der Waals surface area contributed by atoms with Crippen LogP contribution in [-0.4, -0.2) is 16.8 Å². The summed E-state index contributed by atoms with van der Waals surface area (Å²) in [6.45, 7) is 4.21. The van der Waals surface area contributed by atoms with E-state index in [-0.39, 0.29) is 6.04 Å². The molecule has 0 amide bonds. The lowest BCUT2D eigenvalue weighted by Gasteiger charge is -2.19. The molecule has 1 atom stereocenters. The van der Waals surface area contributed by atoms with Crippen molar-refractivity contribution in [1.29, 1.82) is 0 Å². The van der Waals surface area contributed by atoms with E-state index >= 15 is 0 Å². The zero-order valence-corrected chi connectivity index (χ0v) is 11.7. The smallest absolute Gasteiger partial charge is 0.0837 e. The van der Waals surface area contributed by atoms with Gasteiger partial charge < -0.3 is 5.32 Å². The lowest BCUT2D eigenvalue weighted by Crippen LogP contribution is -2.22. The van der Waals surface area contributed by atoms with Gasteiger partial charge >= 0.3 is 0 Å². The zero-order valence-electron chi connectivity index (χ0n) is 10.1. The van der Waals surface area contributed by atoms with E-state index in [1.54, 1.807) is 17.5 Å². The number of rotatable bonds is 4. The number of hydrogen-bond donors (Lipinski definition) is 1. The van der Waals surface area contributed by atoms with Crippen molar-refractivity contribution in [2.24, 2.45) is 0 Å². The Hall–Kier alpha value is -0.840. The Balaban J connectivity index is 2.47. The highest BCUT2D eigenvalue weighted by Gasteiger charge is 2.22. The third-order valence-electron chi connectivity index (χ3n) is 2.71. The summed E-state index contributed by atoms with van der Waals surface area (Å²) in [5.74, 6) is 0. The molecule has 2 aromatic heterocycles. The van der Waals surface area contributed by atoms with Crippen LogP contribution in [0.25, 0.3) is 0 Å². The van der Waals surface area contributed by atoms with Crippen LogP contribution in [-0.2, 0) is 0 Å². The molecule has 3 nitrogen and oxygen atoms in total. The average Bonchev–Trinajstić information content (AvgIpc) is 2.91. The Morgan fingerprint density at radius 3 is 2.76 bits per heavy atom. The molecule has 0 saturated carbocycles. The van der Waals surface area contributed by atoms with Crippen molar-refractivity contribution in [1.82, 2.24) is 15.1 Å². The molecule has 1 unspecified atom stereocenters. The van der Waals surface area contributed by atoms with Crippen molar-refractivity contribution in [3.63, 3.8) is 0 Å². The lowest BCUT2D eigenvalue weighted by atomic mass is 10.1. The summed E-state index contributed by atoms with van der Waals surface area (Å²) in [6.07, 6.45) is 1.72. The Morgan fingerprint density at radius 1 is 1.47 bits per heavy atom. The first-order valence-corrected chi connectivity index (χ1v) is 6.89. The van der Waals surface area contributed by atoms with Crippen molar-refractivity contribution in [3.05, 3.63) is 39.3 Å². The third-order valence-corrected chi connectivity index (χ3v) is 3.71. The topological polar surface area (TPSA) is 29.9 Å². The Kier molecular flexibility index (Phi) is 3.86. The van der Waals surface area contributed by atoms with E-state index < -0.39 is 0 Å². The molecule has 0 aliphatic rings. The van der Waals surface area contributed by atoms with E-state index in [0.29, 0.717) is 11.1 Å². The molecule has 0 aromatic carbocycles. The fourth-order valence-corrected chi connectivity index (χ4v) is 2.86. The second-order valence-corrected chi connectivity index (χ2v) is 5.38. The van der Waals surface area contributed by atoms with Crippen LogP contribution in [0.3, 0.4) is 0 Å². The van der Waals surface area contributed by atoms with E-state index in [9.17, 15) is 0 Å². The van der Waals surface area contributed by atoms with Gasteiger partial charge in [-0.25, -0.2) is 0 Å². The normalized spacial score (nSPS) is 13.2. The van der Waals surface area contributed by atoms with E-state index in [2.05, 4.69) is 41.1 Å². The predicted molar refractivity (Wildman–Crippen MR) is 72.8 cm³/mol. The molecule has 2 aromatic rings. The van der Waals surface area contributed by atoms with Gasteiger partial charge in [0.2, 0.25) is 0 Å². The molecule has 5 heteroatoms. The molecular weight excluding hydrogens is 254 g/mol. The van der Waals surface area contributed by atoms with Gasteiger partial charge in [0.15, 0.2) is 0 Å². The van der Waals surface area contributed by atoms with Crippen molar-refractivity contribution < 1.29 is 0 Å². The van der Waals surface area contributed by atoms with Crippen LogP contribution < -0.4 is 5.32 Å². The first-order valence-electron chi connectivity index (χ1n) is 5.57. The minimum absolute atomic E-state index is 0.0960. The molecule has 2 rings (SSSR count). The molecule has 1 N–H and O–H groups in total. The number of hydrogen-bond acceptors (Lipinski definition) is 3. The largest absolute Gasteiger partial charge is 0.308 e. The predicted octanol–water partition coefficient (Wildman–Crippen LogP) is 3.49. The van der Waals surface area contributed by atoms with Gasteiger partial charge in [0.05, 0.1) is 23.0 Å². The monoisotopic (exact) mass is 269 g/mol. The van der Waals surface area contributed by atoms with Crippen LogP contribution in [0.5, 0.6) is 0 Å². The molecule has 0 aliphatic heterocycles. The van der Waals surface area contributed by atoms with Crippen LogP contribution in [0.1, 0.15) is 37.2 Å². The summed E-state index contributed by atoms with van der Waals surface area (Å²) in [7, 11) is 1.94. The number of thiophene rings is 1. The molecule has 0 aliphatic carbocycles. The van der Waals surface area contributed by atoms with Gasteiger partial charge in [-0.3, -0.25) is 4.68 Å². The van der Waals surface area contributed by atoms with Crippen LogP contribution >= 0.6 is 22.9 Å². The minimum Gasteiger partial charge on any atom is -0.308 e. The number of nitrogens with zero attached hydrogens (tertiary/aromatic N) is 2. The maximum atomic E-state index is 6.26. The third kappa shape index (κ3) is 2.39. The SMILES string of the molecule is CNC(c1ccsc1)c1c(Cl)cnn1C(C)C. The van der Waals surface area contributed by atoms with E-state index in [4.69, 9.17) is 11.6 Å².